The van der Waals surface area contributed by atoms with Crippen LogP contribution >= 0.6 is 12.4 Å². The van der Waals surface area contributed by atoms with Crippen molar-refractivity contribution in [3.63, 3.8) is 0 Å². The Morgan fingerprint density at radius 2 is 1.60 bits per heavy atom. The highest BCUT2D eigenvalue weighted by Crippen LogP contribution is 1.92. The molecule has 0 aromatic heterocycles. The standard InChI is InChI=1S/C11H23N3.ClH/c1-4-5-6-8-12-11-13-9-7-10-14(2)3;/h4-10H2,1-3H3;1H. The molecule has 0 saturated heterocycles. The number of hydrogen-bond donors (Lipinski definition) is 0. The highest BCUT2D eigenvalue weighted by atomic mass is 35.5. The van der Waals surface area contributed by atoms with Gasteiger partial charge >= 0.3 is 0 Å². The maximum absolute atomic E-state index is 4.10. The maximum Gasteiger partial charge on any atom is 0.0892 e. The van der Waals surface area contributed by atoms with Gasteiger partial charge in [-0.25, -0.2) is 9.98 Å². The summed E-state index contributed by atoms with van der Waals surface area (Å²) in [6, 6.07) is 2.75. The fraction of sp³-hybridized carbons (Fsp3) is 0.909. The van der Waals surface area contributed by atoms with Gasteiger partial charge in [-0.1, -0.05) is 19.8 Å². The average Bonchev–Trinajstić information content (AvgIpc) is 2.15. The molecular formula is C11H24ClN3. The zero-order valence-corrected chi connectivity index (χ0v) is 11.0. The molecule has 3 nitrogen and oxygen atoms in total. The molecule has 0 aliphatic heterocycles. The van der Waals surface area contributed by atoms with Crippen molar-refractivity contribution < 1.29 is 0 Å². The van der Waals surface area contributed by atoms with E-state index in [4.69, 9.17) is 0 Å². The van der Waals surface area contributed by atoms with E-state index in [1.807, 2.05) is 0 Å². The van der Waals surface area contributed by atoms with Gasteiger partial charge in [0.25, 0.3) is 0 Å². The van der Waals surface area contributed by atoms with Crippen molar-refractivity contribution in [2.24, 2.45) is 9.98 Å². The second kappa shape index (κ2) is 13.6. The van der Waals surface area contributed by atoms with E-state index in [2.05, 4.69) is 41.9 Å². The normalized spacial score (nSPS) is 9.33. The van der Waals surface area contributed by atoms with Crippen molar-refractivity contribution in [1.29, 1.82) is 0 Å². The van der Waals surface area contributed by atoms with E-state index >= 15 is 0 Å². The van der Waals surface area contributed by atoms with E-state index in [9.17, 15) is 0 Å². The molecule has 0 aromatic carbocycles. The molecule has 90 valence electrons. The van der Waals surface area contributed by atoms with Crippen LogP contribution in [0.1, 0.15) is 32.6 Å². The Kier molecular flexibility index (Phi) is 15.5. The second-order valence-corrected chi connectivity index (χ2v) is 3.73. The Labute approximate surface area is 100 Å². The minimum Gasteiger partial charge on any atom is -0.309 e. The van der Waals surface area contributed by atoms with Crippen LogP contribution in [0.25, 0.3) is 0 Å². The van der Waals surface area contributed by atoms with Crippen LogP contribution in [-0.4, -0.2) is 44.6 Å². The van der Waals surface area contributed by atoms with E-state index in [-0.39, 0.29) is 12.4 Å². The first-order valence-corrected chi connectivity index (χ1v) is 5.50. The molecule has 0 aromatic rings. The van der Waals surface area contributed by atoms with E-state index < -0.39 is 0 Å². The monoisotopic (exact) mass is 233 g/mol. The molecule has 0 fully saturated rings. The molecule has 4 heteroatoms. The minimum absolute atomic E-state index is 0. The van der Waals surface area contributed by atoms with Crippen molar-refractivity contribution in [1.82, 2.24) is 4.90 Å². The van der Waals surface area contributed by atoms with Crippen LogP contribution in [0.15, 0.2) is 9.98 Å². The zero-order valence-electron chi connectivity index (χ0n) is 10.2. The van der Waals surface area contributed by atoms with Gasteiger partial charge in [-0.2, -0.15) is 0 Å². The Morgan fingerprint density at radius 3 is 2.13 bits per heavy atom. The molecule has 0 rings (SSSR count). The van der Waals surface area contributed by atoms with Gasteiger partial charge in [0, 0.05) is 6.54 Å². The fourth-order valence-corrected chi connectivity index (χ4v) is 1.06. The molecule has 0 radical (unpaired) electrons. The van der Waals surface area contributed by atoms with Crippen LogP contribution in [0.5, 0.6) is 0 Å². The van der Waals surface area contributed by atoms with Gasteiger partial charge in [0.2, 0.25) is 0 Å². The first-order valence-electron chi connectivity index (χ1n) is 5.50. The van der Waals surface area contributed by atoms with E-state index in [1.54, 1.807) is 0 Å². The molecule has 0 unspecified atom stereocenters. The zero-order chi connectivity index (χ0) is 10.6. The van der Waals surface area contributed by atoms with Crippen molar-refractivity contribution in [3.8, 4) is 0 Å². The number of rotatable bonds is 8. The first kappa shape index (κ1) is 17.0. The van der Waals surface area contributed by atoms with Gasteiger partial charge in [-0.05, 0) is 33.5 Å². The molecule has 0 aliphatic rings. The largest absolute Gasteiger partial charge is 0.309 e. The summed E-state index contributed by atoms with van der Waals surface area (Å²) in [6.07, 6.45) is 4.75. The average molecular weight is 234 g/mol. The van der Waals surface area contributed by atoms with Crippen LogP contribution in [0.4, 0.5) is 0 Å². The highest BCUT2D eigenvalue weighted by molar-refractivity contribution is 5.85. The van der Waals surface area contributed by atoms with E-state index in [0.717, 1.165) is 32.5 Å². The van der Waals surface area contributed by atoms with Crippen LogP contribution < -0.4 is 0 Å². The molecule has 0 heterocycles. The first-order chi connectivity index (χ1) is 6.77. The second-order valence-electron chi connectivity index (χ2n) is 3.73. The Bertz CT molecular complexity index is 175. The molecule has 0 aliphatic carbocycles. The van der Waals surface area contributed by atoms with Gasteiger partial charge in [-0.15, -0.1) is 12.4 Å². The molecule has 15 heavy (non-hydrogen) atoms. The summed E-state index contributed by atoms with van der Waals surface area (Å²) in [7, 11) is 4.14. The third-order valence-electron chi connectivity index (χ3n) is 1.89. The Balaban J connectivity index is 0. The summed E-state index contributed by atoms with van der Waals surface area (Å²) in [6.45, 7) is 5.00. The van der Waals surface area contributed by atoms with Crippen LogP contribution in [0.3, 0.4) is 0 Å². The molecule has 0 N–H and O–H groups in total. The van der Waals surface area contributed by atoms with Crippen LogP contribution in [-0.2, 0) is 0 Å². The van der Waals surface area contributed by atoms with Gasteiger partial charge in [0.1, 0.15) is 0 Å². The summed E-state index contributed by atoms with van der Waals surface area (Å²) in [5.41, 5.74) is 0. The quantitative estimate of drug-likeness (QED) is 0.468. The van der Waals surface area contributed by atoms with Gasteiger partial charge in [0.05, 0.1) is 12.6 Å². The number of unbranched alkanes of at least 4 members (excludes halogenated alkanes) is 2. The SMILES string of the molecule is CCCCCN=C=NCCCN(C)C.Cl. The molecule has 0 atom stereocenters. The molecule has 0 bridgehead atoms. The maximum atomic E-state index is 4.10. The summed E-state index contributed by atoms with van der Waals surface area (Å²) >= 11 is 0. The molecule has 0 amide bonds. The Hall–Kier alpha value is -0.370. The number of nitrogens with zero attached hydrogens (tertiary/aromatic N) is 3. The van der Waals surface area contributed by atoms with Crippen LogP contribution in [0.2, 0.25) is 0 Å². The summed E-state index contributed by atoms with van der Waals surface area (Å²) in [5.74, 6) is 0. The fourth-order valence-electron chi connectivity index (χ4n) is 1.06. The highest BCUT2D eigenvalue weighted by Gasteiger charge is 1.87. The van der Waals surface area contributed by atoms with Gasteiger partial charge in [-0.3, -0.25) is 0 Å². The summed E-state index contributed by atoms with van der Waals surface area (Å²) < 4.78 is 0. The number of halogens is 1. The predicted molar refractivity (Wildman–Crippen MR) is 69.5 cm³/mol. The topological polar surface area (TPSA) is 28.0 Å². The van der Waals surface area contributed by atoms with Crippen molar-refractivity contribution >= 4 is 18.4 Å². The van der Waals surface area contributed by atoms with Crippen molar-refractivity contribution in [3.05, 3.63) is 0 Å². The third-order valence-corrected chi connectivity index (χ3v) is 1.89. The molecular weight excluding hydrogens is 210 g/mol. The molecule has 0 saturated carbocycles. The van der Waals surface area contributed by atoms with E-state index in [1.165, 1.54) is 12.8 Å². The Morgan fingerprint density at radius 1 is 1.00 bits per heavy atom. The number of aliphatic imine (C=N–C) groups is 2. The smallest absolute Gasteiger partial charge is 0.0892 e. The predicted octanol–water partition coefficient (Wildman–Crippen LogP) is 2.72. The molecule has 0 spiro atoms. The lowest BCUT2D eigenvalue weighted by atomic mass is 10.3. The number of hydrogen-bond acceptors (Lipinski definition) is 3. The van der Waals surface area contributed by atoms with E-state index in [0.29, 0.717) is 0 Å². The summed E-state index contributed by atoms with van der Waals surface area (Å²) in [5, 5.41) is 0. The lowest BCUT2D eigenvalue weighted by Gasteiger charge is -2.05. The van der Waals surface area contributed by atoms with Gasteiger partial charge in [0.15, 0.2) is 0 Å². The minimum atomic E-state index is 0. The van der Waals surface area contributed by atoms with Gasteiger partial charge < -0.3 is 4.90 Å². The third kappa shape index (κ3) is 16.3. The van der Waals surface area contributed by atoms with Crippen molar-refractivity contribution in [2.75, 3.05) is 33.7 Å². The lowest BCUT2D eigenvalue weighted by Crippen LogP contribution is -2.13. The lowest BCUT2D eigenvalue weighted by molar-refractivity contribution is 0.403. The van der Waals surface area contributed by atoms with Crippen molar-refractivity contribution in [2.45, 2.75) is 32.6 Å². The van der Waals surface area contributed by atoms with Crippen LogP contribution in [0, 0.1) is 0 Å². The summed E-state index contributed by atoms with van der Waals surface area (Å²) in [4.78, 5) is 10.4.